The molecular formula is C9H11BrO2S. The summed E-state index contributed by atoms with van der Waals surface area (Å²) in [4.78, 5) is 0.692. The highest BCUT2D eigenvalue weighted by atomic mass is 79.9. The fourth-order valence-electron chi connectivity index (χ4n) is 0.776. The summed E-state index contributed by atoms with van der Waals surface area (Å²) < 4.78 is 17.5. The van der Waals surface area contributed by atoms with E-state index in [1.54, 1.807) is 12.1 Å². The molecule has 0 bridgehead atoms. The second-order valence-corrected chi connectivity index (χ2v) is 4.88. The van der Waals surface area contributed by atoms with Crippen molar-refractivity contribution in [1.82, 2.24) is 0 Å². The lowest BCUT2D eigenvalue weighted by Crippen LogP contribution is -2.05. The zero-order chi connectivity index (χ0) is 9.84. The van der Waals surface area contributed by atoms with E-state index in [2.05, 4.69) is 15.9 Å². The lowest BCUT2D eigenvalue weighted by molar-refractivity contribution is 0.270. The SMILES string of the molecule is CC(C)O[S@@](=O)c1ccc(Br)cc1. The second-order valence-electron chi connectivity index (χ2n) is 2.83. The van der Waals surface area contributed by atoms with Gasteiger partial charge in [-0.2, -0.15) is 0 Å². The lowest BCUT2D eigenvalue weighted by atomic mass is 10.4. The molecule has 1 aromatic carbocycles. The Labute approximate surface area is 89.1 Å². The number of benzene rings is 1. The van der Waals surface area contributed by atoms with Crippen LogP contribution in [-0.2, 0) is 15.3 Å². The molecule has 13 heavy (non-hydrogen) atoms. The van der Waals surface area contributed by atoms with Crippen LogP contribution in [0.2, 0.25) is 0 Å². The molecule has 0 amide bonds. The summed E-state index contributed by atoms with van der Waals surface area (Å²) in [6, 6.07) is 7.25. The van der Waals surface area contributed by atoms with Gasteiger partial charge in [0.25, 0.3) is 0 Å². The largest absolute Gasteiger partial charge is 0.284 e. The van der Waals surface area contributed by atoms with Crippen molar-refractivity contribution in [2.24, 2.45) is 0 Å². The van der Waals surface area contributed by atoms with E-state index in [-0.39, 0.29) is 6.10 Å². The van der Waals surface area contributed by atoms with Gasteiger partial charge in [0.2, 0.25) is 0 Å². The topological polar surface area (TPSA) is 26.3 Å². The standard InChI is InChI=1S/C9H11BrO2S/c1-7(2)12-13(11)9-5-3-8(10)4-6-9/h3-7H,1-2H3/t13-/m1/s1. The van der Waals surface area contributed by atoms with Crippen LogP contribution in [-0.4, -0.2) is 10.3 Å². The minimum atomic E-state index is -1.34. The first-order valence-corrected chi connectivity index (χ1v) is 5.81. The molecule has 1 atom stereocenters. The zero-order valence-electron chi connectivity index (χ0n) is 7.49. The molecule has 0 fully saturated rings. The van der Waals surface area contributed by atoms with E-state index in [0.29, 0.717) is 4.90 Å². The molecule has 72 valence electrons. The van der Waals surface area contributed by atoms with Crippen LogP contribution in [0.3, 0.4) is 0 Å². The summed E-state index contributed by atoms with van der Waals surface area (Å²) in [5, 5.41) is 0. The van der Waals surface area contributed by atoms with Crippen LogP contribution < -0.4 is 0 Å². The number of hydrogen-bond donors (Lipinski definition) is 0. The van der Waals surface area contributed by atoms with Gasteiger partial charge in [0.05, 0.1) is 11.0 Å². The van der Waals surface area contributed by atoms with Crippen molar-refractivity contribution in [1.29, 1.82) is 0 Å². The van der Waals surface area contributed by atoms with E-state index in [1.807, 2.05) is 26.0 Å². The van der Waals surface area contributed by atoms with Crippen LogP contribution in [0.25, 0.3) is 0 Å². The molecule has 0 N–H and O–H groups in total. The van der Waals surface area contributed by atoms with E-state index in [9.17, 15) is 4.21 Å². The summed E-state index contributed by atoms with van der Waals surface area (Å²) in [7, 11) is 0. The van der Waals surface area contributed by atoms with E-state index in [0.717, 1.165) is 4.47 Å². The Hall–Kier alpha value is -0.190. The van der Waals surface area contributed by atoms with Gasteiger partial charge in [-0.05, 0) is 38.1 Å². The molecule has 0 saturated carbocycles. The molecule has 1 rings (SSSR count). The van der Waals surface area contributed by atoms with Crippen molar-refractivity contribution in [3.05, 3.63) is 28.7 Å². The van der Waals surface area contributed by atoms with Gasteiger partial charge in [-0.25, -0.2) is 4.21 Å². The van der Waals surface area contributed by atoms with Crippen molar-refractivity contribution in [3.8, 4) is 0 Å². The van der Waals surface area contributed by atoms with Gasteiger partial charge >= 0.3 is 0 Å². The zero-order valence-corrected chi connectivity index (χ0v) is 9.89. The smallest absolute Gasteiger partial charge is 0.189 e. The van der Waals surface area contributed by atoms with Crippen LogP contribution in [0.4, 0.5) is 0 Å². The van der Waals surface area contributed by atoms with Crippen molar-refractivity contribution in [3.63, 3.8) is 0 Å². The Kier molecular flexibility index (Phi) is 4.09. The molecule has 0 aromatic heterocycles. The average Bonchev–Trinajstić information content (AvgIpc) is 2.04. The molecule has 0 saturated heterocycles. The first-order chi connectivity index (χ1) is 6.09. The third-order valence-corrected chi connectivity index (χ3v) is 3.03. The molecule has 0 aliphatic carbocycles. The van der Waals surface area contributed by atoms with Crippen molar-refractivity contribution in [2.75, 3.05) is 0 Å². The number of hydrogen-bond acceptors (Lipinski definition) is 2. The van der Waals surface area contributed by atoms with E-state index in [1.165, 1.54) is 0 Å². The van der Waals surface area contributed by atoms with E-state index >= 15 is 0 Å². The van der Waals surface area contributed by atoms with Gasteiger partial charge in [0, 0.05) is 4.47 Å². The summed E-state index contributed by atoms with van der Waals surface area (Å²) in [6.07, 6.45) is -0.0236. The average molecular weight is 263 g/mol. The van der Waals surface area contributed by atoms with Gasteiger partial charge < -0.3 is 0 Å². The summed E-state index contributed by atoms with van der Waals surface area (Å²) in [5.41, 5.74) is 0. The van der Waals surface area contributed by atoms with Crippen LogP contribution in [0.5, 0.6) is 0 Å². The maximum absolute atomic E-state index is 11.4. The molecule has 0 aliphatic heterocycles. The minimum absolute atomic E-state index is 0.0236. The molecule has 1 aromatic rings. The van der Waals surface area contributed by atoms with Gasteiger partial charge in [0.15, 0.2) is 11.1 Å². The van der Waals surface area contributed by atoms with Crippen molar-refractivity contribution >= 4 is 27.0 Å². The summed E-state index contributed by atoms with van der Waals surface area (Å²) >= 11 is 1.96. The Morgan fingerprint density at radius 1 is 1.31 bits per heavy atom. The molecule has 0 radical (unpaired) electrons. The van der Waals surface area contributed by atoms with Gasteiger partial charge in [-0.3, -0.25) is 4.18 Å². The lowest BCUT2D eigenvalue weighted by Gasteiger charge is -2.05. The van der Waals surface area contributed by atoms with Gasteiger partial charge in [-0.1, -0.05) is 15.9 Å². The quantitative estimate of drug-likeness (QED) is 0.838. The molecule has 0 unspecified atom stereocenters. The Morgan fingerprint density at radius 3 is 2.31 bits per heavy atom. The fraction of sp³-hybridized carbons (Fsp3) is 0.333. The molecule has 2 nitrogen and oxygen atoms in total. The maximum atomic E-state index is 11.4. The number of halogens is 1. The molecule has 4 heteroatoms. The van der Waals surface area contributed by atoms with Crippen LogP contribution >= 0.6 is 15.9 Å². The van der Waals surface area contributed by atoms with Gasteiger partial charge in [0.1, 0.15) is 0 Å². The first kappa shape index (κ1) is 10.9. The summed E-state index contributed by atoms with van der Waals surface area (Å²) in [6.45, 7) is 3.72. The highest BCUT2D eigenvalue weighted by molar-refractivity contribution is 9.10. The summed E-state index contributed by atoms with van der Waals surface area (Å²) in [5.74, 6) is 0. The van der Waals surface area contributed by atoms with E-state index < -0.39 is 11.1 Å². The minimum Gasteiger partial charge on any atom is -0.284 e. The highest BCUT2D eigenvalue weighted by Gasteiger charge is 2.05. The maximum Gasteiger partial charge on any atom is 0.189 e. The van der Waals surface area contributed by atoms with Crippen LogP contribution in [0.15, 0.2) is 33.6 Å². The monoisotopic (exact) mass is 262 g/mol. The van der Waals surface area contributed by atoms with Crippen molar-refractivity contribution in [2.45, 2.75) is 24.8 Å². The van der Waals surface area contributed by atoms with Crippen LogP contribution in [0, 0.1) is 0 Å². The predicted octanol–water partition coefficient (Wildman–Crippen LogP) is 2.90. The Morgan fingerprint density at radius 2 is 1.85 bits per heavy atom. The first-order valence-electron chi connectivity index (χ1n) is 3.94. The third-order valence-electron chi connectivity index (χ3n) is 1.29. The Bertz CT molecular complexity index is 295. The third kappa shape index (κ3) is 3.58. The normalized spacial score (nSPS) is 13.2. The number of rotatable bonds is 3. The highest BCUT2D eigenvalue weighted by Crippen LogP contribution is 2.14. The van der Waals surface area contributed by atoms with E-state index in [4.69, 9.17) is 4.18 Å². The van der Waals surface area contributed by atoms with Crippen molar-refractivity contribution < 1.29 is 8.39 Å². The molecule has 0 spiro atoms. The Balaban J connectivity index is 2.72. The van der Waals surface area contributed by atoms with Gasteiger partial charge in [-0.15, -0.1) is 0 Å². The molecule has 0 heterocycles. The second kappa shape index (κ2) is 4.88. The fourth-order valence-corrected chi connectivity index (χ4v) is 1.86. The predicted molar refractivity (Wildman–Crippen MR) is 56.8 cm³/mol. The van der Waals surface area contributed by atoms with Crippen LogP contribution in [0.1, 0.15) is 13.8 Å². The molecule has 0 aliphatic rings. The molecular weight excluding hydrogens is 252 g/mol.